The molecule has 1 aliphatic rings. The molecular weight excluding hydrogens is 240 g/mol. The highest BCUT2D eigenvalue weighted by Crippen LogP contribution is 2.18. The Kier molecular flexibility index (Phi) is 6.63. The van der Waals surface area contributed by atoms with Crippen molar-refractivity contribution >= 4 is 6.09 Å². The smallest absolute Gasteiger partial charge is 0.407 e. The molecule has 0 aromatic heterocycles. The summed E-state index contributed by atoms with van der Waals surface area (Å²) in [5, 5.41) is 6.36. The Labute approximate surface area is 117 Å². The molecule has 0 spiro atoms. The highest BCUT2D eigenvalue weighted by Gasteiger charge is 2.29. The lowest BCUT2D eigenvalue weighted by molar-refractivity contribution is 0.0496. The molecule has 112 valence electrons. The number of ether oxygens (including phenoxy) is 1. The fourth-order valence-electron chi connectivity index (χ4n) is 2.50. The van der Waals surface area contributed by atoms with Gasteiger partial charge >= 0.3 is 6.09 Å². The summed E-state index contributed by atoms with van der Waals surface area (Å²) in [6.07, 6.45) is 6.03. The van der Waals surface area contributed by atoms with Crippen LogP contribution in [0.25, 0.3) is 0 Å². The molecular formula is C15H30N2O2. The number of amides is 1. The van der Waals surface area contributed by atoms with Gasteiger partial charge in [-0.05, 0) is 33.1 Å². The van der Waals surface area contributed by atoms with E-state index < -0.39 is 5.60 Å². The number of hydrogen-bond acceptors (Lipinski definition) is 3. The van der Waals surface area contributed by atoms with Gasteiger partial charge in [-0.1, -0.05) is 32.6 Å². The molecule has 2 N–H and O–H groups in total. The van der Waals surface area contributed by atoms with Crippen LogP contribution in [0.5, 0.6) is 0 Å². The van der Waals surface area contributed by atoms with E-state index in [9.17, 15) is 4.79 Å². The van der Waals surface area contributed by atoms with E-state index in [1.165, 1.54) is 32.1 Å². The van der Waals surface area contributed by atoms with Crippen LogP contribution in [0.15, 0.2) is 0 Å². The minimum atomic E-state index is -0.424. The van der Waals surface area contributed by atoms with Crippen LogP contribution in [-0.4, -0.2) is 30.8 Å². The third kappa shape index (κ3) is 6.81. The number of alkyl carbamates (subject to hydrolysis) is 1. The summed E-state index contributed by atoms with van der Waals surface area (Å²) in [6, 6.07) is 0.219. The Morgan fingerprint density at radius 3 is 2.63 bits per heavy atom. The molecule has 1 aliphatic heterocycles. The maximum absolute atomic E-state index is 11.8. The Morgan fingerprint density at radius 1 is 1.26 bits per heavy atom. The first-order valence-electron chi connectivity index (χ1n) is 7.62. The SMILES string of the molecule is CCCCCC[C@H]1CNC[C@H]1NC(=O)OC(C)(C)C. The van der Waals surface area contributed by atoms with Gasteiger partial charge in [-0.25, -0.2) is 4.79 Å². The van der Waals surface area contributed by atoms with Crippen molar-refractivity contribution in [3.05, 3.63) is 0 Å². The molecule has 0 radical (unpaired) electrons. The minimum absolute atomic E-state index is 0.219. The van der Waals surface area contributed by atoms with Gasteiger partial charge in [0.25, 0.3) is 0 Å². The molecule has 1 amide bonds. The van der Waals surface area contributed by atoms with Crippen molar-refractivity contribution in [3.8, 4) is 0 Å². The molecule has 1 heterocycles. The zero-order valence-corrected chi connectivity index (χ0v) is 12.9. The second-order valence-corrected chi connectivity index (χ2v) is 6.52. The second-order valence-electron chi connectivity index (χ2n) is 6.52. The number of hydrogen-bond donors (Lipinski definition) is 2. The standard InChI is InChI=1S/C15H30N2O2/c1-5-6-7-8-9-12-10-16-11-13(12)17-14(18)19-15(2,3)4/h12-13,16H,5-11H2,1-4H3,(H,17,18)/t12-,13+/m0/s1. The van der Waals surface area contributed by atoms with Gasteiger partial charge in [0.05, 0.1) is 0 Å². The molecule has 4 nitrogen and oxygen atoms in total. The Bertz CT molecular complexity index is 274. The molecule has 1 saturated heterocycles. The molecule has 0 aromatic rings. The molecule has 19 heavy (non-hydrogen) atoms. The van der Waals surface area contributed by atoms with Crippen molar-refractivity contribution in [2.24, 2.45) is 5.92 Å². The predicted octanol–water partition coefficient (Wildman–Crippen LogP) is 3.07. The van der Waals surface area contributed by atoms with Crippen LogP contribution in [0, 0.1) is 5.92 Å². The lowest BCUT2D eigenvalue weighted by atomic mass is 9.96. The van der Waals surface area contributed by atoms with Gasteiger partial charge in [0.15, 0.2) is 0 Å². The predicted molar refractivity (Wildman–Crippen MR) is 78.3 cm³/mol. The summed E-state index contributed by atoms with van der Waals surface area (Å²) < 4.78 is 5.31. The summed E-state index contributed by atoms with van der Waals surface area (Å²) in [5.41, 5.74) is -0.424. The summed E-state index contributed by atoms with van der Waals surface area (Å²) in [7, 11) is 0. The van der Waals surface area contributed by atoms with E-state index in [0.29, 0.717) is 5.92 Å². The number of nitrogens with one attached hydrogen (secondary N) is 2. The first-order chi connectivity index (χ1) is 8.92. The summed E-state index contributed by atoms with van der Waals surface area (Å²) >= 11 is 0. The monoisotopic (exact) mass is 270 g/mol. The first-order valence-corrected chi connectivity index (χ1v) is 7.62. The van der Waals surface area contributed by atoms with Crippen molar-refractivity contribution < 1.29 is 9.53 Å². The lowest BCUT2D eigenvalue weighted by Crippen LogP contribution is -2.43. The fourth-order valence-corrected chi connectivity index (χ4v) is 2.50. The Balaban J connectivity index is 2.29. The normalized spacial score (nSPS) is 23.4. The molecule has 0 bridgehead atoms. The van der Waals surface area contributed by atoms with Gasteiger partial charge in [0, 0.05) is 19.1 Å². The van der Waals surface area contributed by atoms with Crippen molar-refractivity contribution in [3.63, 3.8) is 0 Å². The highest BCUT2D eigenvalue weighted by molar-refractivity contribution is 5.68. The van der Waals surface area contributed by atoms with Crippen LogP contribution in [0.4, 0.5) is 4.79 Å². The van der Waals surface area contributed by atoms with E-state index in [0.717, 1.165) is 13.1 Å². The summed E-state index contributed by atoms with van der Waals surface area (Å²) in [6.45, 7) is 9.76. The molecule has 0 aromatic carbocycles. The zero-order valence-electron chi connectivity index (χ0n) is 12.9. The van der Waals surface area contributed by atoms with Crippen molar-refractivity contribution in [2.45, 2.75) is 71.4 Å². The third-order valence-corrected chi connectivity index (χ3v) is 3.47. The van der Waals surface area contributed by atoms with Crippen molar-refractivity contribution in [1.29, 1.82) is 0 Å². The summed E-state index contributed by atoms with van der Waals surface area (Å²) in [4.78, 5) is 11.8. The highest BCUT2D eigenvalue weighted by atomic mass is 16.6. The molecule has 1 rings (SSSR count). The summed E-state index contributed by atoms with van der Waals surface area (Å²) in [5.74, 6) is 0.546. The molecule has 0 unspecified atom stereocenters. The maximum atomic E-state index is 11.8. The van der Waals surface area contributed by atoms with Crippen LogP contribution in [-0.2, 0) is 4.74 Å². The molecule has 2 atom stereocenters. The molecule has 4 heteroatoms. The van der Waals surface area contributed by atoms with Gasteiger partial charge < -0.3 is 15.4 Å². The van der Waals surface area contributed by atoms with Gasteiger partial charge in [0.2, 0.25) is 0 Å². The number of carbonyl (C=O) groups excluding carboxylic acids is 1. The van der Waals surface area contributed by atoms with Crippen LogP contribution in [0.3, 0.4) is 0 Å². The van der Waals surface area contributed by atoms with E-state index >= 15 is 0 Å². The van der Waals surface area contributed by atoms with E-state index in [1.54, 1.807) is 0 Å². The Morgan fingerprint density at radius 2 is 2.00 bits per heavy atom. The molecule has 1 fully saturated rings. The second kappa shape index (κ2) is 7.73. The molecule has 0 saturated carbocycles. The van der Waals surface area contributed by atoms with E-state index in [-0.39, 0.29) is 12.1 Å². The van der Waals surface area contributed by atoms with Crippen LogP contribution in [0.1, 0.15) is 59.8 Å². The fraction of sp³-hybridized carbons (Fsp3) is 0.933. The van der Waals surface area contributed by atoms with Crippen LogP contribution < -0.4 is 10.6 Å². The quantitative estimate of drug-likeness (QED) is 0.729. The first kappa shape index (κ1) is 16.3. The zero-order chi connectivity index (χ0) is 14.3. The number of unbranched alkanes of at least 4 members (excludes halogenated alkanes) is 3. The number of carbonyl (C=O) groups is 1. The average Bonchev–Trinajstić information content (AvgIpc) is 2.69. The van der Waals surface area contributed by atoms with Gasteiger partial charge in [-0.2, -0.15) is 0 Å². The van der Waals surface area contributed by atoms with Crippen LogP contribution >= 0.6 is 0 Å². The van der Waals surface area contributed by atoms with Crippen molar-refractivity contribution in [1.82, 2.24) is 10.6 Å². The topological polar surface area (TPSA) is 50.4 Å². The lowest BCUT2D eigenvalue weighted by Gasteiger charge is -2.24. The van der Waals surface area contributed by atoms with Gasteiger partial charge in [-0.3, -0.25) is 0 Å². The van der Waals surface area contributed by atoms with Crippen LogP contribution in [0.2, 0.25) is 0 Å². The maximum Gasteiger partial charge on any atom is 0.407 e. The van der Waals surface area contributed by atoms with E-state index in [4.69, 9.17) is 4.74 Å². The average molecular weight is 270 g/mol. The number of rotatable bonds is 6. The van der Waals surface area contributed by atoms with E-state index in [2.05, 4.69) is 17.6 Å². The van der Waals surface area contributed by atoms with Gasteiger partial charge in [0.1, 0.15) is 5.60 Å². The molecule has 0 aliphatic carbocycles. The largest absolute Gasteiger partial charge is 0.444 e. The Hall–Kier alpha value is -0.770. The van der Waals surface area contributed by atoms with Crippen molar-refractivity contribution in [2.75, 3.05) is 13.1 Å². The third-order valence-electron chi connectivity index (χ3n) is 3.47. The van der Waals surface area contributed by atoms with E-state index in [1.807, 2.05) is 20.8 Å². The van der Waals surface area contributed by atoms with Gasteiger partial charge in [-0.15, -0.1) is 0 Å². The minimum Gasteiger partial charge on any atom is -0.444 e.